The van der Waals surface area contributed by atoms with Gasteiger partial charge in [-0.15, -0.1) is 0 Å². The zero-order valence-corrected chi connectivity index (χ0v) is 23.4. The fourth-order valence-electron chi connectivity index (χ4n) is 5.04. The summed E-state index contributed by atoms with van der Waals surface area (Å²) in [5.41, 5.74) is 2.77. The number of ketones is 2. The van der Waals surface area contributed by atoms with Gasteiger partial charge in [-0.1, -0.05) is 71.9 Å². The third kappa shape index (κ3) is 7.33. The van der Waals surface area contributed by atoms with Gasteiger partial charge in [0.05, 0.1) is 12.1 Å². The van der Waals surface area contributed by atoms with Crippen molar-refractivity contribution in [2.75, 3.05) is 6.61 Å². The SMILES string of the molecule is CCCCCCCCc1ccc(OCC(=O)Cn2c(C(C)(C)C)c(C(C)=O)c3cc(C(=O)O)ccc32)cc1. The molecule has 0 unspecified atom stereocenters. The number of carbonyl (C=O) groups excluding carboxylic acids is 2. The molecule has 1 aromatic heterocycles. The van der Waals surface area contributed by atoms with E-state index in [1.165, 1.54) is 63.1 Å². The number of fused-ring (bicyclic) bond motifs is 1. The Bertz CT molecular complexity index is 1280. The smallest absolute Gasteiger partial charge is 0.335 e. The predicted molar refractivity (Wildman–Crippen MR) is 152 cm³/mol. The maximum atomic E-state index is 13.1. The molecule has 0 bridgehead atoms. The van der Waals surface area contributed by atoms with Crippen LogP contribution in [0.4, 0.5) is 0 Å². The Hall–Kier alpha value is -3.41. The minimum Gasteiger partial charge on any atom is -0.486 e. The summed E-state index contributed by atoms with van der Waals surface area (Å²) in [6.45, 7) is 9.58. The molecular formula is C32H41NO5. The molecule has 1 heterocycles. The van der Waals surface area contributed by atoms with Gasteiger partial charge in [0.2, 0.25) is 0 Å². The molecule has 1 N–H and O–H groups in total. The summed E-state index contributed by atoms with van der Waals surface area (Å²) < 4.78 is 7.64. The van der Waals surface area contributed by atoms with Crippen LogP contribution in [-0.4, -0.2) is 33.8 Å². The first-order valence-electron chi connectivity index (χ1n) is 13.7. The number of nitrogens with zero attached hydrogens (tertiary/aromatic N) is 1. The van der Waals surface area contributed by atoms with Crippen LogP contribution in [0.25, 0.3) is 10.9 Å². The number of unbranched alkanes of at least 4 members (excludes halogenated alkanes) is 5. The van der Waals surface area contributed by atoms with E-state index in [4.69, 9.17) is 4.74 Å². The van der Waals surface area contributed by atoms with Crippen LogP contribution < -0.4 is 4.74 Å². The van der Waals surface area contributed by atoms with Gasteiger partial charge in [-0.2, -0.15) is 0 Å². The Morgan fingerprint density at radius 2 is 1.58 bits per heavy atom. The highest BCUT2D eigenvalue weighted by molar-refractivity contribution is 6.10. The lowest BCUT2D eigenvalue weighted by molar-refractivity contribution is -0.121. The van der Waals surface area contributed by atoms with Gasteiger partial charge >= 0.3 is 5.97 Å². The number of carboxylic acids is 1. The summed E-state index contributed by atoms with van der Waals surface area (Å²) in [6, 6.07) is 12.6. The van der Waals surface area contributed by atoms with Crippen molar-refractivity contribution in [2.24, 2.45) is 0 Å². The average Bonchev–Trinajstić information content (AvgIpc) is 3.19. The number of hydrogen-bond acceptors (Lipinski definition) is 4. The molecule has 0 atom stereocenters. The Kier molecular flexibility index (Phi) is 9.90. The van der Waals surface area contributed by atoms with Crippen molar-refractivity contribution in [3.63, 3.8) is 0 Å². The number of aryl methyl sites for hydroxylation is 1. The number of aromatic nitrogens is 1. The van der Waals surface area contributed by atoms with Crippen LogP contribution in [0.3, 0.4) is 0 Å². The molecule has 0 aliphatic rings. The lowest BCUT2D eigenvalue weighted by atomic mass is 9.87. The van der Waals surface area contributed by atoms with Crippen LogP contribution in [0.2, 0.25) is 0 Å². The number of Topliss-reactive ketones (excluding diaryl/α,β-unsaturated/α-hetero) is 2. The minimum absolute atomic E-state index is 0.0267. The average molecular weight is 520 g/mol. The van der Waals surface area contributed by atoms with Gasteiger partial charge in [0.1, 0.15) is 12.4 Å². The molecule has 3 aromatic rings. The molecule has 0 fully saturated rings. The van der Waals surface area contributed by atoms with Gasteiger partial charge in [-0.25, -0.2) is 4.79 Å². The van der Waals surface area contributed by atoms with Gasteiger partial charge in [0.15, 0.2) is 11.6 Å². The summed E-state index contributed by atoms with van der Waals surface area (Å²) in [6.07, 6.45) is 8.65. The summed E-state index contributed by atoms with van der Waals surface area (Å²) in [5, 5.41) is 10.0. The third-order valence-electron chi connectivity index (χ3n) is 6.85. The first kappa shape index (κ1) is 29.2. The molecule has 0 saturated carbocycles. The number of carboxylic acid groups (broad SMARTS) is 1. The van der Waals surface area contributed by atoms with E-state index in [2.05, 4.69) is 19.1 Å². The monoisotopic (exact) mass is 519 g/mol. The highest BCUT2D eigenvalue weighted by atomic mass is 16.5. The maximum absolute atomic E-state index is 13.1. The third-order valence-corrected chi connectivity index (χ3v) is 6.85. The Labute approximate surface area is 226 Å². The van der Waals surface area contributed by atoms with Crippen molar-refractivity contribution in [2.45, 2.75) is 91.5 Å². The maximum Gasteiger partial charge on any atom is 0.335 e. The summed E-state index contributed by atoms with van der Waals surface area (Å²) in [4.78, 5) is 37.3. The van der Waals surface area contributed by atoms with E-state index in [0.29, 0.717) is 22.2 Å². The van der Waals surface area contributed by atoms with E-state index in [1.807, 2.05) is 37.5 Å². The largest absolute Gasteiger partial charge is 0.486 e. The lowest BCUT2D eigenvalue weighted by Crippen LogP contribution is -2.25. The Balaban J connectivity index is 1.72. The molecule has 6 heteroatoms. The van der Waals surface area contributed by atoms with E-state index in [0.717, 1.165) is 12.1 Å². The molecule has 0 spiro atoms. The molecule has 0 amide bonds. The molecule has 0 aliphatic heterocycles. The van der Waals surface area contributed by atoms with Crippen LogP contribution in [0.1, 0.15) is 105 Å². The van der Waals surface area contributed by atoms with E-state index >= 15 is 0 Å². The number of aromatic carboxylic acids is 1. The van der Waals surface area contributed by atoms with Gasteiger partial charge in [0, 0.05) is 27.6 Å². The zero-order chi connectivity index (χ0) is 27.9. The quantitative estimate of drug-likeness (QED) is 0.177. The standard InChI is InChI=1S/C32H41NO5/c1-6-7-8-9-10-11-12-23-13-16-26(17-14-23)38-21-25(35)20-33-28-18-15-24(31(36)37)19-27(28)29(22(2)34)30(33)32(3,4)5/h13-19H,6-12,20-21H2,1-5H3,(H,36,37). The Morgan fingerprint density at radius 3 is 2.18 bits per heavy atom. The van der Waals surface area contributed by atoms with E-state index in [9.17, 15) is 19.5 Å². The summed E-state index contributed by atoms with van der Waals surface area (Å²) in [5.74, 6) is -0.713. The number of rotatable bonds is 14. The van der Waals surface area contributed by atoms with Crippen molar-refractivity contribution in [3.05, 3.63) is 64.8 Å². The lowest BCUT2D eigenvalue weighted by Gasteiger charge is -2.23. The van der Waals surface area contributed by atoms with Gasteiger partial charge in [-0.3, -0.25) is 9.59 Å². The first-order chi connectivity index (χ1) is 18.0. The van der Waals surface area contributed by atoms with Crippen molar-refractivity contribution in [1.29, 1.82) is 0 Å². The molecule has 38 heavy (non-hydrogen) atoms. The fraction of sp³-hybridized carbons (Fsp3) is 0.469. The van der Waals surface area contributed by atoms with Crippen LogP contribution in [0, 0.1) is 0 Å². The van der Waals surface area contributed by atoms with Crippen molar-refractivity contribution >= 4 is 28.4 Å². The molecule has 2 aromatic carbocycles. The number of hydrogen-bond donors (Lipinski definition) is 1. The molecule has 6 nitrogen and oxygen atoms in total. The number of carbonyl (C=O) groups is 3. The molecule has 204 valence electrons. The Morgan fingerprint density at radius 1 is 0.921 bits per heavy atom. The van der Waals surface area contributed by atoms with E-state index in [1.54, 1.807) is 6.07 Å². The highest BCUT2D eigenvalue weighted by Crippen LogP contribution is 2.35. The van der Waals surface area contributed by atoms with Crippen LogP contribution >= 0.6 is 0 Å². The van der Waals surface area contributed by atoms with Crippen LogP contribution in [-0.2, 0) is 23.2 Å². The van der Waals surface area contributed by atoms with E-state index < -0.39 is 11.4 Å². The zero-order valence-electron chi connectivity index (χ0n) is 23.4. The molecule has 0 aliphatic carbocycles. The van der Waals surface area contributed by atoms with Crippen LogP contribution in [0.5, 0.6) is 5.75 Å². The fourth-order valence-corrected chi connectivity index (χ4v) is 5.04. The summed E-state index contributed by atoms with van der Waals surface area (Å²) >= 11 is 0. The van der Waals surface area contributed by atoms with Crippen molar-refractivity contribution in [3.8, 4) is 5.75 Å². The van der Waals surface area contributed by atoms with Gasteiger partial charge in [-0.05, 0) is 55.7 Å². The number of benzene rings is 2. The first-order valence-corrected chi connectivity index (χ1v) is 13.7. The minimum atomic E-state index is -1.06. The second kappa shape index (κ2) is 12.9. The highest BCUT2D eigenvalue weighted by Gasteiger charge is 2.30. The molecular weight excluding hydrogens is 478 g/mol. The van der Waals surface area contributed by atoms with Gasteiger partial charge in [0.25, 0.3) is 0 Å². The van der Waals surface area contributed by atoms with Crippen molar-refractivity contribution in [1.82, 2.24) is 4.57 Å². The molecule has 0 radical (unpaired) electrons. The molecule has 0 saturated heterocycles. The molecule has 3 rings (SSSR count). The predicted octanol–water partition coefficient (Wildman–Crippen LogP) is 7.39. The number of ether oxygens (including phenoxy) is 1. The topological polar surface area (TPSA) is 85.6 Å². The van der Waals surface area contributed by atoms with E-state index in [-0.39, 0.29) is 30.3 Å². The second-order valence-electron chi connectivity index (χ2n) is 11.1. The normalized spacial score (nSPS) is 11.6. The summed E-state index contributed by atoms with van der Waals surface area (Å²) in [7, 11) is 0. The second-order valence-corrected chi connectivity index (χ2v) is 11.1. The van der Waals surface area contributed by atoms with Gasteiger partial charge < -0.3 is 14.4 Å². The van der Waals surface area contributed by atoms with Crippen molar-refractivity contribution < 1.29 is 24.2 Å². The van der Waals surface area contributed by atoms with Crippen LogP contribution in [0.15, 0.2) is 42.5 Å².